The number of hydrogen-bond donors (Lipinski definition) is 0. The highest BCUT2D eigenvalue weighted by Crippen LogP contribution is 2.63. The van der Waals surface area contributed by atoms with Gasteiger partial charge in [0.25, 0.3) is 0 Å². The third-order valence-corrected chi connectivity index (χ3v) is 14.2. The molecule has 0 saturated carbocycles. The zero-order chi connectivity index (χ0) is 41.3. The molecule has 0 amide bonds. The van der Waals surface area contributed by atoms with Gasteiger partial charge in [-0.05, 0) is 171 Å². The van der Waals surface area contributed by atoms with E-state index < -0.39 is 0 Å². The SMILES string of the molecule is Cc1cc(-c2ccccc2)cc(-c2cccc(-c3ccc4c(C)cc5c(-c6ccc7c(c6)-c6ccccc6C76c7ccccc7-c7cc(C)ccc76)ccc6ccc3c4c65)c2)c1. The number of fused-ring (bicyclic) bond motifs is 10. The first kappa shape index (κ1) is 35.2. The lowest BCUT2D eigenvalue weighted by Crippen LogP contribution is -2.25. The lowest BCUT2D eigenvalue weighted by Gasteiger charge is -2.30. The summed E-state index contributed by atoms with van der Waals surface area (Å²) in [7, 11) is 0. The van der Waals surface area contributed by atoms with Gasteiger partial charge in [0.2, 0.25) is 0 Å². The molecule has 0 N–H and O–H groups in total. The van der Waals surface area contributed by atoms with Crippen LogP contribution in [0.4, 0.5) is 0 Å². The van der Waals surface area contributed by atoms with Crippen LogP contribution in [0.2, 0.25) is 0 Å². The number of rotatable bonds is 4. The van der Waals surface area contributed by atoms with Crippen LogP contribution < -0.4 is 0 Å². The summed E-state index contributed by atoms with van der Waals surface area (Å²) in [6.45, 7) is 6.69. The molecule has 0 aliphatic heterocycles. The fourth-order valence-corrected chi connectivity index (χ4v) is 11.6. The second-order valence-electron chi connectivity index (χ2n) is 17.8. The van der Waals surface area contributed by atoms with Crippen molar-refractivity contribution in [2.75, 3.05) is 0 Å². The van der Waals surface area contributed by atoms with Gasteiger partial charge in [0.05, 0.1) is 5.41 Å². The van der Waals surface area contributed by atoms with Crippen LogP contribution >= 0.6 is 0 Å². The van der Waals surface area contributed by atoms with E-state index in [2.05, 4.69) is 221 Å². The van der Waals surface area contributed by atoms with Crippen LogP contribution in [0.15, 0.2) is 200 Å². The number of hydrogen-bond acceptors (Lipinski definition) is 0. The highest BCUT2D eigenvalue weighted by atomic mass is 14.5. The highest BCUT2D eigenvalue weighted by molar-refractivity contribution is 6.28. The van der Waals surface area contributed by atoms with Crippen molar-refractivity contribution in [3.63, 3.8) is 0 Å². The van der Waals surface area contributed by atoms with Crippen molar-refractivity contribution in [3.8, 4) is 66.8 Å². The molecule has 2 aliphatic rings. The second kappa shape index (κ2) is 13.0. The summed E-state index contributed by atoms with van der Waals surface area (Å²) >= 11 is 0. The molecule has 11 aromatic carbocycles. The largest absolute Gasteiger partial charge is 0.0725 e. The minimum atomic E-state index is -0.347. The average Bonchev–Trinajstić information content (AvgIpc) is 3.77. The smallest absolute Gasteiger partial charge is 0.0622 e. The van der Waals surface area contributed by atoms with Gasteiger partial charge in [-0.2, -0.15) is 0 Å². The Kier molecular flexibility index (Phi) is 7.38. The maximum Gasteiger partial charge on any atom is 0.0725 e. The third-order valence-electron chi connectivity index (χ3n) is 14.2. The third kappa shape index (κ3) is 4.84. The second-order valence-corrected chi connectivity index (χ2v) is 17.8. The van der Waals surface area contributed by atoms with Crippen molar-refractivity contribution >= 4 is 32.3 Å². The summed E-state index contributed by atoms with van der Waals surface area (Å²) in [5.41, 5.74) is 24.4. The summed E-state index contributed by atoms with van der Waals surface area (Å²) in [6, 6.07) is 75.9. The van der Waals surface area contributed by atoms with Crippen molar-refractivity contribution in [3.05, 3.63) is 239 Å². The summed E-state index contributed by atoms with van der Waals surface area (Å²) in [5, 5.41) is 7.90. The van der Waals surface area contributed by atoms with E-state index >= 15 is 0 Å². The molecule has 0 heteroatoms. The maximum atomic E-state index is 2.49. The Bertz CT molecular complexity index is 3660. The predicted octanol–water partition coefficient (Wildman–Crippen LogP) is 16.5. The summed E-state index contributed by atoms with van der Waals surface area (Å²) in [6.07, 6.45) is 0. The van der Waals surface area contributed by atoms with Gasteiger partial charge in [0.15, 0.2) is 0 Å². The molecule has 0 aromatic heterocycles. The first-order chi connectivity index (χ1) is 30.5. The van der Waals surface area contributed by atoms with E-state index in [0.717, 1.165) is 0 Å². The van der Waals surface area contributed by atoms with Gasteiger partial charge in [-0.15, -0.1) is 0 Å². The Morgan fingerprint density at radius 2 is 0.839 bits per heavy atom. The van der Waals surface area contributed by atoms with Gasteiger partial charge < -0.3 is 0 Å². The maximum absolute atomic E-state index is 2.49. The number of aryl methyl sites for hydroxylation is 3. The topological polar surface area (TPSA) is 0 Å². The quantitative estimate of drug-likeness (QED) is 0.156. The van der Waals surface area contributed by atoms with Crippen molar-refractivity contribution in [1.82, 2.24) is 0 Å². The van der Waals surface area contributed by atoms with Crippen LogP contribution in [0.5, 0.6) is 0 Å². The molecule has 0 bridgehead atoms. The van der Waals surface area contributed by atoms with Gasteiger partial charge >= 0.3 is 0 Å². The van der Waals surface area contributed by atoms with Crippen LogP contribution in [-0.4, -0.2) is 0 Å². The molecule has 0 radical (unpaired) electrons. The van der Waals surface area contributed by atoms with Gasteiger partial charge in [0.1, 0.15) is 0 Å². The zero-order valence-corrected chi connectivity index (χ0v) is 35.1. The van der Waals surface area contributed by atoms with Crippen molar-refractivity contribution < 1.29 is 0 Å². The Balaban J connectivity index is 0.982. The zero-order valence-electron chi connectivity index (χ0n) is 35.1. The highest BCUT2D eigenvalue weighted by Gasteiger charge is 2.51. The average molecular weight is 787 g/mol. The fourth-order valence-electron chi connectivity index (χ4n) is 11.6. The van der Waals surface area contributed by atoms with Crippen LogP contribution in [0.3, 0.4) is 0 Å². The van der Waals surface area contributed by atoms with Crippen LogP contribution in [0.25, 0.3) is 99.1 Å². The van der Waals surface area contributed by atoms with Crippen molar-refractivity contribution in [2.45, 2.75) is 26.2 Å². The minimum Gasteiger partial charge on any atom is -0.0622 e. The molecule has 62 heavy (non-hydrogen) atoms. The lowest BCUT2D eigenvalue weighted by molar-refractivity contribution is 0.793. The van der Waals surface area contributed by atoms with E-state index in [-0.39, 0.29) is 5.41 Å². The predicted molar refractivity (Wildman–Crippen MR) is 262 cm³/mol. The summed E-state index contributed by atoms with van der Waals surface area (Å²) in [4.78, 5) is 0. The van der Waals surface area contributed by atoms with Gasteiger partial charge in [-0.1, -0.05) is 188 Å². The molecule has 1 unspecified atom stereocenters. The lowest BCUT2D eigenvalue weighted by atomic mass is 9.70. The molecule has 290 valence electrons. The Hall–Kier alpha value is -7.54. The molecule has 1 spiro atoms. The number of benzene rings is 11. The van der Waals surface area contributed by atoms with E-state index in [0.29, 0.717) is 0 Å². The summed E-state index contributed by atoms with van der Waals surface area (Å²) in [5.74, 6) is 0. The molecule has 13 rings (SSSR count). The molecule has 0 saturated heterocycles. The normalized spacial score (nSPS) is 14.8. The Morgan fingerprint density at radius 1 is 0.274 bits per heavy atom. The molecular weight excluding hydrogens is 745 g/mol. The summed E-state index contributed by atoms with van der Waals surface area (Å²) < 4.78 is 0. The molecule has 0 heterocycles. The van der Waals surface area contributed by atoms with Gasteiger partial charge in [0, 0.05) is 0 Å². The van der Waals surface area contributed by atoms with E-state index in [4.69, 9.17) is 0 Å². The molecule has 2 aliphatic carbocycles. The molecule has 1 atom stereocenters. The molecule has 0 nitrogen and oxygen atoms in total. The van der Waals surface area contributed by atoms with Crippen LogP contribution in [-0.2, 0) is 5.41 Å². The van der Waals surface area contributed by atoms with Crippen LogP contribution in [0, 0.1) is 20.8 Å². The molecule has 0 fully saturated rings. The van der Waals surface area contributed by atoms with Crippen LogP contribution in [0.1, 0.15) is 38.9 Å². The van der Waals surface area contributed by atoms with Gasteiger partial charge in [-0.3, -0.25) is 0 Å². The van der Waals surface area contributed by atoms with E-state index in [1.54, 1.807) is 0 Å². The Labute approximate surface area is 362 Å². The van der Waals surface area contributed by atoms with E-state index in [1.807, 2.05) is 0 Å². The molecular formula is C62H42. The van der Waals surface area contributed by atoms with E-state index in [1.165, 1.54) is 138 Å². The Morgan fingerprint density at radius 3 is 1.63 bits per heavy atom. The van der Waals surface area contributed by atoms with Crippen molar-refractivity contribution in [1.29, 1.82) is 0 Å². The van der Waals surface area contributed by atoms with E-state index in [9.17, 15) is 0 Å². The first-order valence-corrected chi connectivity index (χ1v) is 21.9. The monoisotopic (exact) mass is 786 g/mol. The molecule has 11 aromatic rings. The van der Waals surface area contributed by atoms with Crippen molar-refractivity contribution in [2.24, 2.45) is 0 Å². The minimum absolute atomic E-state index is 0.347. The fraction of sp³-hybridized carbons (Fsp3) is 0.0645. The van der Waals surface area contributed by atoms with Gasteiger partial charge in [-0.25, -0.2) is 0 Å². The first-order valence-electron chi connectivity index (χ1n) is 21.9. The standard InChI is InChI=1S/C62H42/c1-37-20-28-58-53(32-37)50-16-7-9-18-56(50)62(58)57-19-10-8-17-51(57)54-36-44(23-29-59(54)62)49-24-21-41-22-25-52-48(27-26-47-39(3)33-55(49)60(41)61(47)52)43-15-11-14-42(34-43)46-31-38(2)30-45(35-46)40-12-5-4-6-13-40/h4-36H,1-3H3.